The molecule has 7 nitrogen and oxygen atoms in total. The number of carbonyl (C=O) groups is 1. The van der Waals surface area contributed by atoms with Gasteiger partial charge in [-0.1, -0.05) is 12.1 Å². The topological polar surface area (TPSA) is 94.2 Å². The van der Waals surface area contributed by atoms with Crippen molar-refractivity contribution in [1.82, 2.24) is 20.0 Å². The van der Waals surface area contributed by atoms with Crippen molar-refractivity contribution in [1.29, 1.82) is 5.26 Å². The molecule has 1 amide bonds. The number of carbonyl (C=O) groups excluding carboxylic acids is 1. The maximum atomic E-state index is 14.6. The van der Waals surface area contributed by atoms with Crippen LogP contribution in [0.4, 0.5) is 4.39 Å². The number of rotatable bonds is 6. The van der Waals surface area contributed by atoms with Crippen LogP contribution in [0.2, 0.25) is 0 Å². The normalized spacial score (nSPS) is 16.1. The monoisotopic (exact) mass is 531 g/mol. The van der Waals surface area contributed by atoms with Crippen molar-refractivity contribution >= 4 is 28.1 Å². The molecule has 0 saturated carbocycles. The maximum Gasteiger partial charge on any atom is 0.264 e. The van der Waals surface area contributed by atoms with Gasteiger partial charge in [0, 0.05) is 41.2 Å². The van der Waals surface area contributed by atoms with Gasteiger partial charge in [-0.2, -0.15) is 10.4 Å². The van der Waals surface area contributed by atoms with Gasteiger partial charge in [0.05, 0.1) is 28.1 Å². The van der Waals surface area contributed by atoms with Gasteiger partial charge in [0.2, 0.25) is 0 Å². The third-order valence-corrected chi connectivity index (χ3v) is 8.41. The number of amides is 1. The van der Waals surface area contributed by atoms with Crippen molar-refractivity contribution in [2.45, 2.75) is 38.3 Å². The summed E-state index contributed by atoms with van der Waals surface area (Å²) in [5.74, 6) is -0.624. The summed E-state index contributed by atoms with van der Waals surface area (Å²) in [7, 11) is 1.92. The Morgan fingerprint density at radius 1 is 1.26 bits per heavy atom. The summed E-state index contributed by atoms with van der Waals surface area (Å²) < 4.78 is 16.4. The SMILES string of the molecule is CNC1CCCN(C(=O)c2cc(-c3ccc(C#N)c(F)c3)c(-c3ccc4nn(C(C)(C)CO)cc4c3)s2)C1. The average Bonchev–Trinajstić information content (AvgIpc) is 3.57. The lowest BCUT2D eigenvalue weighted by molar-refractivity contribution is 0.0703. The molecule has 1 fully saturated rings. The summed E-state index contributed by atoms with van der Waals surface area (Å²) in [6.45, 7) is 5.12. The molecule has 0 bridgehead atoms. The third kappa shape index (κ3) is 4.83. The first-order valence-corrected chi connectivity index (χ1v) is 13.5. The first kappa shape index (κ1) is 26.0. The van der Waals surface area contributed by atoms with E-state index >= 15 is 0 Å². The largest absolute Gasteiger partial charge is 0.394 e. The van der Waals surface area contributed by atoms with Crippen molar-refractivity contribution in [2.75, 3.05) is 26.7 Å². The van der Waals surface area contributed by atoms with Gasteiger partial charge < -0.3 is 15.3 Å². The summed E-state index contributed by atoms with van der Waals surface area (Å²) in [6.07, 6.45) is 3.88. The summed E-state index contributed by atoms with van der Waals surface area (Å²) in [5.41, 5.74) is 2.46. The van der Waals surface area contributed by atoms with Crippen LogP contribution >= 0.6 is 11.3 Å². The van der Waals surface area contributed by atoms with Gasteiger partial charge in [0.15, 0.2) is 0 Å². The number of hydrogen-bond acceptors (Lipinski definition) is 6. The minimum absolute atomic E-state index is 0.0198. The highest BCUT2D eigenvalue weighted by molar-refractivity contribution is 7.18. The Bertz CT molecular complexity index is 1550. The van der Waals surface area contributed by atoms with Gasteiger partial charge in [-0.05, 0) is 75.2 Å². The number of halogens is 1. The van der Waals surface area contributed by atoms with Crippen molar-refractivity contribution in [3.05, 3.63) is 64.9 Å². The smallest absolute Gasteiger partial charge is 0.264 e. The van der Waals surface area contributed by atoms with Crippen LogP contribution in [-0.4, -0.2) is 58.5 Å². The van der Waals surface area contributed by atoms with E-state index in [1.165, 1.54) is 23.5 Å². The summed E-state index contributed by atoms with van der Waals surface area (Å²) in [5, 5.41) is 27.8. The number of benzene rings is 2. The Hall–Kier alpha value is -3.58. The number of nitriles is 1. The molecule has 1 saturated heterocycles. The summed E-state index contributed by atoms with van der Waals surface area (Å²) >= 11 is 1.39. The fourth-order valence-electron chi connectivity index (χ4n) is 4.80. The van der Waals surface area contributed by atoms with E-state index in [2.05, 4.69) is 10.4 Å². The highest BCUT2D eigenvalue weighted by atomic mass is 32.1. The number of hydrogen-bond donors (Lipinski definition) is 2. The molecule has 196 valence electrons. The number of aliphatic hydroxyl groups is 1. The molecule has 1 unspecified atom stereocenters. The Morgan fingerprint density at radius 2 is 2.05 bits per heavy atom. The van der Waals surface area contributed by atoms with Crippen LogP contribution in [-0.2, 0) is 5.54 Å². The van der Waals surface area contributed by atoms with Crippen LogP contribution < -0.4 is 5.32 Å². The van der Waals surface area contributed by atoms with Crippen LogP contribution in [0.15, 0.2) is 48.7 Å². The fraction of sp³-hybridized carbons (Fsp3) is 0.345. The highest BCUT2D eigenvalue weighted by Crippen LogP contribution is 2.41. The number of nitrogens with one attached hydrogen (secondary N) is 1. The average molecular weight is 532 g/mol. The second-order valence-electron chi connectivity index (χ2n) is 10.4. The standard InChI is InChI=1S/C29H30FN5O2S/c1-29(2,17-36)35-15-21-11-19(8-9-25(21)33-35)27-23(18-6-7-20(14-31)24(30)12-18)13-26(38-27)28(37)34-10-4-5-22(16-34)32-3/h6-9,11-13,15,22,32,36H,4-5,10,16-17H2,1-3H3. The van der Waals surface area contributed by atoms with Crippen LogP contribution in [0.3, 0.4) is 0 Å². The Balaban J connectivity index is 1.60. The highest BCUT2D eigenvalue weighted by Gasteiger charge is 2.27. The molecule has 5 rings (SSSR count). The fourth-order valence-corrected chi connectivity index (χ4v) is 5.95. The van der Waals surface area contributed by atoms with Crippen molar-refractivity contribution in [2.24, 2.45) is 0 Å². The molecule has 2 aromatic heterocycles. The number of likely N-dealkylation sites (tertiary alicyclic amines) is 1. The molecule has 2 aromatic carbocycles. The predicted octanol–water partition coefficient (Wildman–Crippen LogP) is 4.99. The lowest BCUT2D eigenvalue weighted by Gasteiger charge is -2.32. The molecule has 4 aromatic rings. The van der Waals surface area contributed by atoms with Crippen molar-refractivity contribution < 1.29 is 14.3 Å². The van der Waals surface area contributed by atoms with E-state index < -0.39 is 11.4 Å². The number of likely N-dealkylation sites (N-methyl/N-ethyl adjacent to an activating group) is 1. The number of thiophene rings is 1. The zero-order valence-corrected chi connectivity index (χ0v) is 22.5. The molecule has 38 heavy (non-hydrogen) atoms. The number of nitrogens with zero attached hydrogens (tertiary/aromatic N) is 4. The molecular weight excluding hydrogens is 501 g/mol. The van der Waals surface area contributed by atoms with E-state index in [0.29, 0.717) is 23.5 Å². The molecule has 3 heterocycles. The molecule has 9 heteroatoms. The molecule has 0 aliphatic carbocycles. The molecule has 1 atom stereocenters. The van der Waals surface area contributed by atoms with Gasteiger partial charge in [-0.3, -0.25) is 9.48 Å². The van der Waals surface area contributed by atoms with Crippen molar-refractivity contribution in [3.8, 4) is 27.6 Å². The van der Waals surface area contributed by atoms with E-state index in [4.69, 9.17) is 0 Å². The van der Waals surface area contributed by atoms with E-state index in [-0.39, 0.29) is 24.1 Å². The minimum Gasteiger partial charge on any atom is -0.394 e. The molecule has 0 radical (unpaired) electrons. The van der Waals surface area contributed by atoms with Gasteiger partial charge >= 0.3 is 0 Å². The summed E-state index contributed by atoms with van der Waals surface area (Å²) in [4.78, 5) is 16.9. The first-order chi connectivity index (χ1) is 18.2. The zero-order valence-electron chi connectivity index (χ0n) is 21.7. The Kier molecular flexibility index (Phi) is 7.05. The van der Waals surface area contributed by atoms with Gasteiger partial charge in [-0.25, -0.2) is 4.39 Å². The maximum absolute atomic E-state index is 14.6. The Labute approximate surface area is 225 Å². The third-order valence-electron chi connectivity index (χ3n) is 7.23. The van der Waals surface area contributed by atoms with Crippen LogP contribution in [0.5, 0.6) is 0 Å². The van der Waals surface area contributed by atoms with Gasteiger partial charge in [-0.15, -0.1) is 11.3 Å². The van der Waals surface area contributed by atoms with E-state index in [9.17, 15) is 19.6 Å². The van der Waals surface area contributed by atoms with E-state index in [0.717, 1.165) is 39.7 Å². The van der Waals surface area contributed by atoms with Crippen LogP contribution in [0.1, 0.15) is 41.9 Å². The lowest BCUT2D eigenvalue weighted by Crippen LogP contribution is -2.46. The van der Waals surface area contributed by atoms with Crippen LogP contribution in [0.25, 0.3) is 32.5 Å². The van der Waals surface area contributed by atoms with Crippen molar-refractivity contribution in [3.63, 3.8) is 0 Å². The molecule has 2 N–H and O–H groups in total. The van der Waals surface area contributed by atoms with Gasteiger partial charge in [0.25, 0.3) is 5.91 Å². The molecule has 0 spiro atoms. The van der Waals surface area contributed by atoms with E-state index in [1.807, 2.05) is 62.3 Å². The number of aliphatic hydroxyl groups excluding tert-OH is 1. The van der Waals surface area contributed by atoms with Gasteiger partial charge in [0.1, 0.15) is 11.9 Å². The number of aromatic nitrogens is 2. The zero-order chi connectivity index (χ0) is 27.0. The number of fused-ring (bicyclic) bond motifs is 1. The second kappa shape index (κ2) is 10.3. The second-order valence-corrected chi connectivity index (χ2v) is 11.4. The molecular formula is C29H30FN5O2S. The minimum atomic E-state index is -0.592. The Morgan fingerprint density at radius 3 is 2.76 bits per heavy atom. The van der Waals surface area contributed by atoms with E-state index in [1.54, 1.807) is 10.7 Å². The first-order valence-electron chi connectivity index (χ1n) is 12.7. The lowest BCUT2D eigenvalue weighted by atomic mass is 10.00. The summed E-state index contributed by atoms with van der Waals surface area (Å²) in [6, 6.07) is 14.4. The van der Waals surface area contributed by atoms with Crippen LogP contribution in [0, 0.1) is 17.1 Å². The number of piperidine rings is 1. The quantitative estimate of drug-likeness (QED) is 0.365. The predicted molar refractivity (Wildman–Crippen MR) is 148 cm³/mol. The molecule has 1 aliphatic heterocycles. The molecule has 1 aliphatic rings.